The lowest BCUT2D eigenvalue weighted by molar-refractivity contribution is 0.125. The van der Waals surface area contributed by atoms with Crippen molar-refractivity contribution in [2.24, 2.45) is 0 Å². The zero-order valence-corrected chi connectivity index (χ0v) is 10.2. The number of aliphatic hydroxyl groups is 1. The molecule has 1 aliphatic rings. The third-order valence-electron chi connectivity index (χ3n) is 2.58. The molecule has 1 amide bonds. The number of ether oxygens (including phenoxy) is 1. The standard InChI is InChI=1S/C13H19NO3/c1-10(15)12(14-13(16)17-2)9-11-7-5-3-4-6-8-11/h3,5-8,10,12,15H,4,9H2,1-2H3,(H,14,16)/t10-,12-/m0/s1. The number of alkyl carbamates (subject to hydrolysis) is 1. The molecule has 0 fully saturated rings. The first-order valence-electron chi connectivity index (χ1n) is 5.68. The molecule has 0 saturated heterocycles. The van der Waals surface area contributed by atoms with Crippen LogP contribution in [0.2, 0.25) is 0 Å². The highest BCUT2D eigenvalue weighted by atomic mass is 16.5. The van der Waals surface area contributed by atoms with Crippen LogP contribution in [0, 0.1) is 0 Å². The van der Waals surface area contributed by atoms with Crippen molar-refractivity contribution in [3.8, 4) is 0 Å². The van der Waals surface area contributed by atoms with E-state index in [1.807, 2.05) is 24.3 Å². The number of nitrogens with one attached hydrogen (secondary N) is 1. The summed E-state index contributed by atoms with van der Waals surface area (Å²) < 4.78 is 4.53. The lowest BCUT2D eigenvalue weighted by atomic mass is 10.0. The predicted molar refractivity (Wildman–Crippen MR) is 66.6 cm³/mol. The molecule has 0 saturated carbocycles. The highest BCUT2D eigenvalue weighted by Gasteiger charge is 2.18. The number of hydrogen-bond acceptors (Lipinski definition) is 3. The number of amides is 1. The Morgan fingerprint density at radius 1 is 1.59 bits per heavy atom. The quantitative estimate of drug-likeness (QED) is 0.785. The van der Waals surface area contributed by atoms with Crippen LogP contribution in [0.3, 0.4) is 0 Å². The molecule has 17 heavy (non-hydrogen) atoms. The van der Waals surface area contributed by atoms with E-state index in [0.717, 1.165) is 12.0 Å². The van der Waals surface area contributed by atoms with Gasteiger partial charge in [-0.25, -0.2) is 4.79 Å². The summed E-state index contributed by atoms with van der Waals surface area (Å²) in [5, 5.41) is 12.2. The van der Waals surface area contributed by atoms with Gasteiger partial charge in [0.15, 0.2) is 0 Å². The van der Waals surface area contributed by atoms with Gasteiger partial charge in [-0.15, -0.1) is 0 Å². The zero-order chi connectivity index (χ0) is 12.7. The van der Waals surface area contributed by atoms with Gasteiger partial charge in [0, 0.05) is 0 Å². The molecule has 94 valence electrons. The summed E-state index contributed by atoms with van der Waals surface area (Å²) in [6.45, 7) is 1.65. The van der Waals surface area contributed by atoms with Gasteiger partial charge < -0.3 is 15.2 Å². The molecule has 1 aliphatic carbocycles. The number of allylic oxidation sites excluding steroid dienone is 5. The van der Waals surface area contributed by atoms with Gasteiger partial charge in [-0.3, -0.25) is 0 Å². The van der Waals surface area contributed by atoms with Crippen molar-refractivity contribution < 1.29 is 14.6 Å². The van der Waals surface area contributed by atoms with E-state index >= 15 is 0 Å². The molecular weight excluding hydrogens is 218 g/mol. The second-order valence-corrected chi connectivity index (χ2v) is 3.99. The van der Waals surface area contributed by atoms with Crippen LogP contribution in [-0.4, -0.2) is 30.5 Å². The third kappa shape index (κ3) is 4.87. The Morgan fingerprint density at radius 2 is 2.35 bits per heavy atom. The monoisotopic (exact) mass is 237 g/mol. The summed E-state index contributed by atoms with van der Waals surface area (Å²) in [5.41, 5.74) is 1.07. The van der Waals surface area contributed by atoms with Crippen molar-refractivity contribution in [1.82, 2.24) is 5.32 Å². The summed E-state index contributed by atoms with van der Waals surface area (Å²) >= 11 is 0. The smallest absolute Gasteiger partial charge is 0.407 e. The minimum absolute atomic E-state index is 0.343. The van der Waals surface area contributed by atoms with Crippen molar-refractivity contribution in [2.45, 2.75) is 31.9 Å². The second kappa shape index (κ2) is 6.91. The fourth-order valence-electron chi connectivity index (χ4n) is 1.57. The van der Waals surface area contributed by atoms with Crippen LogP contribution in [0.25, 0.3) is 0 Å². The SMILES string of the molecule is COC(=O)N[C@@H](CC1=CC=CCC=C1)[C@H](C)O. The van der Waals surface area contributed by atoms with Crippen LogP contribution in [0.5, 0.6) is 0 Å². The van der Waals surface area contributed by atoms with Crippen molar-refractivity contribution in [1.29, 1.82) is 0 Å². The average Bonchev–Trinajstić information content (AvgIpc) is 2.56. The van der Waals surface area contributed by atoms with Crippen LogP contribution >= 0.6 is 0 Å². The van der Waals surface area contributed by atoms with Gasteiger partial charge in [0.2, 0.25) is 0 Å². The van der Waals surface area contributed by atoms with Gasteiger partial charge in [-0.05, 0) is 25.3 Å². The molecule has 2 N–H and O–H groups in total. The van der Waals surface area contributed by atoms with E-state index in [1.54, 1.807) is 6.92 Å². The van der Waals surface area contributed by atoms with E-state index in [0.29, 0.717) is 6.42 Å². The highest BCUT2D eigenvalue weighted by Crippen LogP contribution is 2.13. The minimum Gasteiger partial charge on any atom is -0.453 e. The number of carbonyl (C=O) groups is 1. The Balaban J connectivity index is 2.63. The van der Waals surface area contributed by atoms with Gasteiger partial charge in [-0.2, -0.15) is 0 Å². The Morgan fingerprint density at radius 3 is 3.00 bits per heavy atom. The van der Waals surface area contributed by atoms with Crippen LogP contribution in [0.1, 0.15) is 19.8 Å². The summed E-state index contributed by atoms with van der Waals surface area (Å²) in [5.74, 6) is 0. The van der Waals surface area contributed by atoms with E-state index in [4.69, 9.17) is 0 Å². The van der Waals surface area contributed by atoms with E-state index in [-0.39, 0.29) is 6.04 Å². The number of methoxy groups -OCH3 is 1. The minimum atomic E-state index is -0.629. The fraction of sp³-hybridized carbons (Fsp3) is 0.462. The lowest BCUT2D eigenvalue weighted by Gasteiger charge is -2.21. The number of hydrogen-bond donors (Lipinski definition) is 2. The first-order chi connectivity index (χ1) is 8.13. The van der Waals surface area contributed by atoms with Crippen LogP contribution < -0.4 is 5.32 Å². The summed E-state index contributed by atoms with van der Waals surface area (Å²) in [6.07, 6.45) is 10.4. The zero-order valence-electron chi connectivity index (χ0n) is 10.2. The Hall–Kier alpha value is -1.55. The summed E-state index contributed by atoms with van der Waals surface area (Å²) in [7, 11) is 1.31. The second-order valence-electron chi connectivity index (χ2n) is 3.99. The molecule has 0 aromatic rings. The largest absolute Gasteiger partial charge is 0.453 e. The first kappa shape index (κ1) is 13.5. The molecule has 0 heterocycles. The van der Waals surface area contributed by atoms with Crippen molar-refractivity contribution in [3.05, 3.63) is 36.0 Å². The average molecular weight is 237 g/mol. The molecule has 2 atom stereocenters. The molecule has 1 rings (SSSR count). The van der Waals surface area contributed by atoms with Gasteiger partial charge in [0.25, 0.3) is 0 Å². The maximum absolute atomic E-state index is 11.1. The molecule has 4 heteroatoms. The molecule has 0 aromatic carbocycles. The van der Waals surface area contributed by atoms with E-state index in [9.17, 15) is 9.90 Å². The molecule has 0 unspecified atom stereocenters. The topological polar surface area (TPSA) is 58.6 Å². The van der Waals surface area contributed by atoms with Gasteiger partial charge in [0.05, 0.1) is 19.3 Å². The Kier molecular flexibility index (Phi) is 5.49. The molecule has 4 nitrogen and oxygen atoms in total. The lowest BCUT2D eigenvalue weighted by Crippen LogP contribution is -2.42. The van der Waals surface area contributed by atoms with E-state index in [2.05, 4.69) is 16.1 Å². The third-order valence-corrected chi connectivity index (χ3v) is 2.58. The van der Waals surface area contributed by atoms with Crippen LogP contribution in [0.4, 0.5) is 4.79 Å². The summed E-state index contributed by atoms with van der Waals surface area (Å²) in [6, 6.07) is -0.343. The van der Waals surface area contributed by atoms with Crippen molar-refractivity contribution >= 4 is 6.09 Å². The maximum Gasteiger partial charge on any atom is 0.407 e. The molecule has 0 bridgehead atoms. The van der Waals surface area contributed by atoms with Gasteiger partial charge >= 0.3 is 6.09 Å². The van der Waals surface area contributed by atoms with Gasteiger partial charge in [0.1, 0.15) is 0 Å². The normalized spacial score (nSPS) is 17.9. The Bertz CT molecular complexity index is 343. The molecular formula is C13H19NO3. The maximum atomic E-state index is 11.1. The Labute approximate surface area is 102 Å². The highest BCUT2D eigenvalue weighted by molar-refractivity contribution is 5.67. The van der Waals surface area contributed by atoms with Crippen LogP contribution in [0.15, 0.2) is 36.0 Å². The first-order valence-corrected chi connectivity index (χ1v) is 5.68. The molecule has 0 radical (unpaired) electrons. The molecule has 0 spiro atoms. The van der Waals surface area contributed by atoms with Gasteiger partial charge in [-0.1, -0.05) is 30.4 Å². The number of carbonyl (C=O) groups excluding carboxylic acids is 1. The van der Waals surface area contributed by atoms with Crippen LogP contribution in [-0.2, 0) is 4.74 Å². The molecule has 0 aliphatic heterocycles. The molecule has 0 aromatic heterocycles. The number of rotatable bonds is 4. The number of aliphatic hydroxyl groups excluding tert-OH is 1. The summed E-state index contributed by atoms with van der Waals surface area (Å²) in [4.78, 5) is 11.1. The van der Waals surface area contributed by atoms with Crippen molar-refractivity contribution in [2.75, 3.05) is 7.11 Å². The van der Waals surface area contributed by atoms with E-state index < -0.39 is 12.2 Å². The fourth-order valence-corrected chi connectivity index (χ4v) is 1.57. The predicted octanol–water partition coefficient (Wildman–Crippen LogP) is 1.92. The van der Waals surface area contributed by atoms with Crippen molar-refractivity contribution in [3.63, 3.8) is 0 Å². The van der Waals surface area contributed by atoms with E-state index in [1.165, 1.54) is 7.11 Å².